The molecule has 3 aliphatic rings. The summed E-state index contributed by atoms with van der Waals surface area (Å²) in [7, 11) is 0. The number of ether oxygens (including phenoxy) is 2. The third kappa shape index (κ3) is 3.50. The van der Waals surface area contributed by atoms with Gasteiger partial charge < -0.3 is 25.4 Å². The Labute approximate surface area is 152 Å². The molecule has 1 aromatic rings. The van der Waals surface area contributed by atoms with Gasteiger partial charge in [0, 0.05) is 36.9 Å². The number of hydrogen-bond donors (Lipinski definition) is 3. The van der Waals surface area contributed by atoms with Gasteiger partial charge >= 0.3 is 6.03 Å². The van der Waals surface area contributed by atoms with Crippen molar-refractivity contribution in [2.24, 2.45) is 0 Å². The van der Waals surface area contributed by atoms with Gasteiger partial charge in [0.15, 0.2) is 0 Å². The average Bonchev–Trinajstić information content (AvgIpc) is 2.64. The minimum Gasteiger partial charge on any atom is -0.490 e. The van der Waals surface area contributed by atoms with Gasteiger partial charge in [-0.25, -0.2) is 9.18 Å². The molecule has 3 fully saturated rings. The lowest BCUT2D eigenvalue weighted by Gasteiger charge is -2.48. The van der Waals surface area contributed by atoms with E-state index in [2.05, 4.69) is 16.0 Å². The van der Waals surface area contributed by atoms with Crippen LogP contribution in [0.3, 0.4) is 0 Å². The Bertz CT molecular complexity index is 657. The van der Waals surface area contributed by atoms with Crippen molar-refractivity contribution >= 4 is 6.03 Å². The number of carbonyl (C=O) groups is 1. The molecule has 0 aliphatic carbocycles. The Morgan fingerprint density at radius 1 is 1.19 bits per heavy atom. The van der Waals surface area contributed by atoms with E-state index in [0.29, 0.717) is 25.5 Å². The molecule has 0 bridgehead atoms. The summed E-state index contributed by atoms with van der Waals surface area (Å²) in [6, 6.07) is 4.66. The monoisotopic (exact) mass is 363 g/mol. The van der Waals surface area contributed by atoms with Gasteiger partial charge in [-0.3, -0.25) is 0 Å². The molecule has 3 N–H and O–H groups in total. The highest BCUT2D eigenvalue weighted by Gasteiger charge is 2.45. The van der Waals surface area contributed by atoms with Gasteiger partial charge in [0.05, 0.1) is 18.8 Å². The van der Waals surface area contributed by atoms with Crippen molar-refractivity contribution in [1.82, 2.24) is 16.0 Å². The predicted octanol–water partition coefficient (Wildman–Crippen LogP) is 1.90. The minimum atomic E-state index is -0.320. The molecule has 0 saturated carbocycles. The summed E-state index contributed by atoms with van der Waals surface area (Å²) >= 11 is 0. The Hall–Kier alpha value is -1.86. The van der Waals surface area contributed by atoms with Crippen molar-refractivity contribution in [1.29, 1.82) is 0 Å². The van der Waals surface area contributed by atoms with Crippen molar-refractivity contribution in [2.75, 3.05) is 32.8 Å². The summed E-state index contributed by atoms with van der Waals surface area (Å²) in [6.07, 6.45) is 3.35. The molecule has 7 heteroatoms. The molecule has 0 radical (unpaired) electrons. The zero-order valence-electron chi connectivity index (χ0n) is 14.9. The van der Waals surface area contributed by atoms with E-state index in [9.17, 15) is 9.18 Å². The van der Waals surface area contributed by atoms with Gasteiger partial charge in [0.1, 0.15) is 17.7 Å². The highest BCUT2D eigenvalue weighted by Crippen LogP contribution is 2.41. The summed E-state index contributed by atoms with van der Waals surface area (Å²) in [5.74, 6) is 0.332. The molecule has 26 heavy (non-hydrogen) atoms. The van der Waals surface area contributed by atoms with E-state index in [4.69, 9.17) is 9.47 Å². The van der Waals surface area contributed by atoms with Gasteiger partial charge in [0.25, 0.3) is 0 Å². The number of rotatable bonds is 3. The van der Waals surface area contributed by atoms with E-state index in [1.165, 1.54) is 12.1 Å². The second-order valence-electron chi connectivity index (χ2n) is 7.41. The average molecular weight is 363 g/mol. The summed E-state index contributed by atoms with van der Waals surface area (Å²) < 4.78 is 25.6. The van der Waals surface area contributed by atoms with Gasteiger partial charge in [-0.05, 0) is 32.0 Å². The molecule has 6 nitrogen and oxygen atoms in total. The number of urea groups is 1. The molecular weight excluding hydrogens is 337 g/mol. The van der Waals surface area contributed by atoms with E-state index in [-0.39, 0.29) is 29.4 Å². The Kier molecular flexibility index (Phi) is 5.00. The molecule has 0 aromatic heterocycles. The van der Waals surface area contributed by atoms with Crippen LogP contribution in [0.5, 0.6) is 5.75 Å². The first-order chi connectivity index (χ1) is 12.7. The summed E-state index contributed by atoms with van der Waals surface area (Å²) in [6.45, 7) is 3.59. The summed E-state index contributed by atoms with van der Waals surface area (Å²) in [5.41, 5.74) is 0.645. The third-order valence-electron chi connectivity index (χ3n) is 5.81. The smallest absolute Gasteiger partial charge is 0.315 e. The SMILES string of the molecule is O=C1NCC(c2ccc(F)cc2OC2CCOCC2)C2(CCNCC2)N1. The van der Waals surface area contributed by atoms with E-state index in [0.717, 1.165) is 44.3 Å². The van der Waals surface area contributed by atoms with Crippen LogP contribution in [0.15, 0.2) is 18.2 Å². The fraction of sp³-hybridized carbons (Fsp3) is 0.632. The first-order valence-corrected chi connectivity index (χ1v) is 9.47. The van der Waals surface area contributed by atoms with Crippen LogP contribution in [0, 0.1) is 5.82 Å². The zero-order valence-corrected chi connectivity index (χ0v) is 14.9. The van der Waals surface area contributed by atoms with Crippen LogP contribution in [0.2, 0.25) is 0 Å². The van der Waals surface area contributed by atoms with E-state index in [1.54, 1.807) is 0 Å². The third-order valence-corrected chi connectivity index (χ3v) is 5.81. The van der Waals surface area contributed by atoms with Crippen LogP contribution in [0.25, 0.3) is 0 Å². The second-order valence-corrected chi connectivity index (χ2v) is 7.41. The highest BCUT2D eigenvalue weighted by molar-refractivity contribution is 5.76. The molecule has 4 rings (SSSR count). The number of carbonyl (C=O) groups excluding carboxylic acids is 1. The quantitative estimate of drug-likeness (QED) is 0.767. The number of hydrogen-bond acceptors (Lipinski definition) is 4. The number of piperidine rings is 1. The van der Waals surface area contributed by atoms with Crippen molar-refractivity contribution < 1.29 is 18.7 Å². The van der Waals surface area contributed by atoms with Crippen LogP contribution in [0.1, 0.15) is 37.2 Å². The molecule has 3 aliphatic heterocycles. The summed E-state index contributed by atoms with van der Waals surface area (Å²) in [5, 5.41) is 9.43. The van der Waals surface area contributed by atoms with E-state index < -0.39 is 0 Å². The molecule has 1 aromatic carbocycles. The molecular formula is C19H26FN3O3. The lowest BCUT2D eigenvalue weighted by molar-refractivity contribution is 0.0245. The standard InChI is InChI=1S/C19H26FN3O3/c20-13-1-2-15(17(11-13)26-14-3-9-25-10-4-14)16-12-22-18(24)23-19(16)5-7-21-8-6-19/h1-2,11,14,16,21H,3-10,12H2,(H2,22,23,24). The van der Waals surface area contributed by atoms with Gasteiger partial charge in [-0.1, -0.05) is 6.07 Å². The number of benzene rings is 1. The van der Waals surface area contributed by atoms with Crippen molar-refractivity contribution in [3.05, 3.63) is 29.6 Å². The first-order valence-electron chi connectivity index (χ1n) is 9.47. The number of nitrogens with one attached hydrogen (secondary N) is 3. The van der Waals surface area contributed by atoms with Gasteiger partial charge in [-0.2, -0.15) is 0 Å². The molecule has 3 heterocycles. The van der Waals surface area contributed by atoms with Crippen LogP contribution >= 0.6 is 0 Å². The number of amides is 2. The Morgan fingerprint density at radius 3 is 2.73 bits per heavy atom. The highest BCUT2D eigenvalue weighted by atomic mass is 19.1. The second kappa shape index (κ2) is 7.40. The van der Waals surface area contributed by atoms with Crippen molar-refractivity contribution in [3.8, 4) is 5.75 Å². The molecule has 142 valence electrons. The Balaban J connectivity index is 1.65. The van der Waals surface area contributed by atoms with Gasteiger partial charge in [-0.15, -0.1) is 0 Å². The zero-order chi connectivity index (χ0) is 18.0. The van der Waals surface area contributed by atoms with E-state index in [1.807, 2.05) is 6.07 Å². The molecule has 1 spiro atoms. The molecule has 3 saturated heterocycles. The maximum absolute atomic E-state index is 14.0. The van der Waals surface area contributed by atoms with Crippen molar-refractivity contribution in [2.45, 2.75) is 43.2 Å². The van der Waals surface area contributed by atoms with Crippen molar-refractivity contribution in [3.63, 3.8) is 0 Å². The fourth-order valence-corrected chi connectivity index (χ4v) is 4.37. The molecule has 2 amide bonds. The van der Waals surface area contributed by atoms with Crippen LogP contribution in [-0.2, 0) is 4.74 Å². The first kappa shape index (κ1) is 17.5. The normalized spacial score (nSPS) is 26.2. The van der Waals surface area contributed by atoms with E-state index >= 15 is 0 Å². The predicted molar refractivity (Wildman–Crippen MR) is 95.0 cm³/mol. The fourth-order valence-electron chi connectivity index (χ4n) is 4.37. The Morgan fingerprint density at radius 2 is 1.96 bits per heavy atom. The van der Waals surface area contributed by atoms with Crippen LogP contribution in [0.4, 0.5) is 9.18 Å². The maximum atomic E-state index is 14.0. The van der Waals surface area contributed by atoms with Crippen LogP contribution < -0.4 is 20.7 Å². The lowest BCUT2D eigenvalue weighted by atomic mass is 9.72. The van der Waals surface area contributed by atoms with Gasteiger partial charge in [0.2, 0.25) is 0 Å². The largest absolute Gasteiger partial charge is 0.490 e. The molecule has 1 atom stereocenters. The maximum Gasteiger partial charge on any atom is 0.315 e. The molecule has 1 unspecified atom stereocenters. The number of halogens is 1. The topological polar surface area (TPSA) is 71.6 Å². The summed E-state index contributed by atoms with van der Waals surface area (Å²) in [4.78, 5) is 12.0. The lowest BCUT2D eigenvalue weighted by Crippen LogP contribution is -2.65. The van der Waals surface area contributed by atoms with Crippen LogP contribution in [-0.4, -0.2) is 50.5 Å². The minimum absolute atomic E-state index is 0.0396.